The molecular weight excluding hydrogens is 376 g/mol. The van der Waals surface area contributed by atoms with Crippen LogP contribution in [0.3, 0.4) is 0 Å². The van der Waals surface area contributed by atoms with Crippen molar-refractivity contribution >= 4 is 23.2 Å². The number of rotatable bonds is 7. The molecule has 3 aromatic rings. The van der Waals surface area contributed by atoms with Crippen molar-refractivity contribution in [2.75, 3.05) is 19.5 Å². The fraction of sp³-hybridized carbons (Fsp3) is 0.227. The molecule has 0 fully saturated rings. The van der Waals surface area contributed by atoms with Gasteiger partial charge in [0.05, 0.1) is 19.8 Å². The summed E-state index contributed by atoms with van der Waals surface area (Å²) in [6, 6.07) is 18.5. The van der Waals surface area contributed by atoms with E-state index in [0.717, 1.165) is 22.0 Å². The SMILES string of the molecule is COc1ccccc1NC(=O)[C@H](C)[NH+](C)Cc1ccc(-c2ccc(Cl)cc2)o1. The lowest BCUT2D eigenvalue weighted by molar-refractivity contribution is -0.908. The summed E-state index contributed by atoms with van der Waals surface area (Å²) in [7, 11) is 3.55. The van der Waals surface area contributed by atoms with Gasteiger partial charge in [-0.3, -0.25) is 4.79 Å². The van der Waals surface area contributed by atoms with E-state index in [1.807, 2.05) is 74.6 Å². The van der Waals surface area contributed by atoms with Crippen molar-refractivity contribution < 1.29 is 18.8 Å². The van der Waals surface area contributed by atoms with Gasteiger partial charge in [-0.05, 0) is 55.5 Å². The van der Waals surface area contributed by atoms with Gasteiger partial charge in [0.1, 0.15) is 18.1 Å². The van der Waals surface area contributed by atoms with Gasteiger partial charge in [-0.15, -0.1) is 0 Å². The van der Waals surface area contributed by atoms with Crippen molar-refractivity contribution in [2.24, 2.45) is 0 Å². The van der Waals surface area contributed by atoms with Crippen molar-refractivity contribution in [1.82, 2.24) is 0 Å². The molecule has 1 aromatic heterocycles. The van der Waals surface area contributed by atoms with Crippen LogP contribution in [-0.2, 0) is 11.3 Å². The Bertz CT molecular complexity index is 937. The van der Waals surface area contributed by atoms with Gasteiger partial charge < -0.3 is 19.4 Å². The molecule has 1 amide bonds. The van der Waals surface area contributed by atoms with Gasteiger partial charge in [-0.25, -0.2) is 0 Å². The van der Waals surface area contributed by atoms with Crippen LogP contribution in [0, 0.1) is 0 Å². The monoisotopic (exact) mass is 399 g/mol. The first-order valence-corrected chi connectivity index (χ1v) is 9.46. The van der Waals surface area contributed by atoms with Crippen LogP contribution >= 0.6 is 11.6 Å². The second-order valence-electron chi connectivity index (χ2n) is 6.71. The first-order chi connectivity index (χ1) is 13.5. The van der Waals surface area contributed by atoms with E-state index >= 15 is 0 Å². The second kappa shape index (κ2) is 8.95. The Balaban J connectivity index is 1.63. The molecule has 3 rings (SSSR count). The summed E-state index contributed by atoms with van der Waals surface area (Å²) in [5.41, 5.74) is 1.63. The Labute approximate surface area is 169 Å². The number of amides is 1. The number of halogens is 1. The van der Waals surface area contributed by atoms with Gasteiger partial charge in [-0.1, -0.05) is 23.7 Å². The maximum Gasteiger partial charge on any atom is 0.282 e. The minimum absolute atomic E-state index is 0.0773. The molecule has 2 aromatic carbocycles. The molecule has 0 saturated heterocycles. The van der Waals surface area contributed by atoms with Crippen molar-refractivity contribution in [3.8, 4) is 17.1 Å². The summed E-state index contributed by atoms with van der Waals surface area (Å²) in [6.07, 6.45) is 0. The van der Waals surface area contributed by atoms with Gasteiger partial charge in [0.25, 0.3) is 5.91 Å². The molecule has 0 bridgehead atoms. The molecule has 0 spiro atoms. The number of likely N-dealkylation sites (N-methyl/N-ethyl adjacent to an activating group) is 1. The standard InChI is InChI=1S/C22H23ClN2O3/c1-15(22(26)24-19-6-4-5-7-21(19)27-3)25(2)14-18-12-13-20(28-18)16-8-10-17(23)11-9-16/h4-13,15H,14H2,1-3H3,(H,24,26)/p+1/t15-/m0/s1. The molecular formula is C22H24ClN2O3+. The summed E-state index contributed by atoms with van der Waals surface area (Å²) in [5.74, 6) is 2.16. The van der Waals surface area contributed by atoms with E-state index in [4.69, 9.17) is 20.8 Å². The predicted molar refractivity (Wildman–Crippen MR) is 111 cm³/mol. The summed E-state index contributed by atoms with van der Waals surface area (Å²) in [6.45, 7) is 2.48. The predicted octanol–water partition coefficient (Wildman–Crippen LogP) is 3.65. The molecule has 146 valence electrons. The Morgan fingerprint density at radius 1 is 1.14 bits per heavy atom. The number of carbonyl (C=O) groups excluding carboxylic acids is 1. The highest BCUT2D eigenvalue weighted by Crippen LogP contribution is 2.24. The number of anilines is 1. The zero-order chi connectivity index (χ0) is 20.1. The third kappa shape index (κ3) is 4.74. The average molecular weight is 400 g/mol. The molecule has 1 unspecified atom stereocenters. The van der Waals surface area contributed by atoms with Crippen LogP contribution in [-0.4, -0.2) is 26.1 Å². The molecule has 0 radical (unpaired) electrons. The van der Waals surface area contributed by atoms with Crippen LogP contribution in [0.1, 0.15) is 12.7 Å². The van der Waals surface area contributed by atoms with Crippen LogP contribution in [0.15, 0.2) is 65.1 Å². The minimum atomic E-state index is -0.269. The number of methoxy groups -OCH3 is 1. The van der Waals surface area contributed by atoms with E-state index in [1.165, 1.54) is 0 Å². The molecule has 0 saturated carbocycles. The number of ether oxygens (including phenoxy) is 1. The summed E-state index contributed by atoms with van der Waals surface area (Å²) in [4.78, 5) is 13.7. The van der Waals surface area contributed by atoms with Crippen molar-refractivity contribution in [3.63, 3.8) is 0 Å². The quantitative estimate of drug-likeness (QED) is 0.637. The number of carbonyl (C=O) groups is 1. The second-order valence-corrected chi connectivity index (χ2v) is 7.14. The fourth-order valence-electron chi connectivity index (χ4n) is 2.88. The average Bonchev–Trinajstić information content (AvgIpc) is 3.16. The smallest absolute Gasteiger partial charge is 0.282 e. The molecule has 6 heteroatoms. The highest BCUT2D eigenvalue weighted by atomic mass is 35.5. The third-order valence-electron chi connectivity index (χ3n) is 4.74. The van der Waals surface area contributed by atoms with Crippen LogP contribution in [0.25, 0.3) is 11.3 Å². The van der Waals surface area contributed by atoms with E-state index in [1.54, 1.807) is 7.11 Å². The van der Waals surface area contributed by atoms with Crippen LogP contribution in [0.4, 0.5) is 5.69 Å². The molecule has 28 heavy (non-hydrogen) atoms. The van der Waals surface area contributed by atoms with Crippen LogP contribution in [0.5, 0.6) is 5.75 Å². The lowest BCUT2D eigenvalue weighted by Crippen LogP contribution is -3.12. The zero-order valence-electron chi connectivity index (χ0n) is 16.2. The maximum absolute atomic E-state index is 12.6. The number of hydrogen-bond acceptors (Lipinski definition) is 3. The van der Waals surface area contributed by atoms with Gasteiger partial charge >= 0.3 is 0 Å². The third-order valence-corrected chi connectivity index (χ3v) is 4.99. The van der Waals surface area contributed by atoms with Gasteiger partial charge in [0, 0.05) is 10.6 Å². The Morgan fingerprint density at radius 2 is 1.86 bits per heavy atom. The first-order valence-electron chi connectivity index (χ1n) is 9.08. The molecule has 0 aliphatic carbocycles. The Hall–Kier alpha value is -2.76. The summed E-state index contributed by atoms with van der Waals surface area (Å²) < 4.78 is 11.2. The Kier molecular flexibility index (Phi) is 6.39. The molecule has 0 aliphatic rings. The van der Waals surface area contributed by atoms with Crippen LogP contribution < -0.4 is 15.0 Å². The lowest BCUT2D eigenvalue weighted by atomic mass is 10.2. The molecule has 5 nitrogen and oxygen atoms in total. The molecule has 2 N–H and O–H groups in total. The number of furan rings is 1. The van der Waals surface area contributed by atoms with Gasteiger partial charge in [-0.2, -0.15) is 0 Å². The molecule has 0 aliphatic heterocycles. The van der Waals surface area contributed by atoms with E-state index in [2.05, 4.69) is 5.32 Å². The van der Waals surface area contributed by atoms with E-state index in [9.17, 15) is 4.79 Å². The largest absolute Gasteiger partial charge is 0.495 e. The molecule has 1 heterocycles. The Morgan fingerprint density at radius 3 is 2.57 bits per heavy atom. The number of benzene rings is 2. The highest BCUT2D eigenvalue weighted by molar-refractivity contribution is 6.30. The zero-order valence-corrected chi connectivity index (χ0v) is 16.9. The first kappa shape index (κ1) is 20.0. The van der Waals surface area contributed by atoms with Gasteiger partial charge in [0.2, 0.25) is 0 Å². The fourth-order valence-corrected chi connectivity index (χ4v) is 3.01. The summed E-state index contributed by atoms with van der Waals surface area (Å²) in [5, 5.41) is 3.63. The van der Waals surface area contributed by atoms with Crippen molar-refractivity contribution in [1.29, 1.82) is 0 Å². The normalized spacial score (nSPS) is 13.0. The number of quaternary nitrogens is 1. The van der Waals surface area contributed by atoms with Crippen molar-refractivity contribution in [2.45, 2.75) is 19.5 Å². The molecule has 2 atom stereocenters. The van der Waals surface area contributed by atoms with E-state index in [0.29, 0.717) is 23.0 Å². The number of nitrogens with one attached hydrogen (secondary N) is 2. The number of hydrogen-bond donors (Lipinski definition) is 2. The van der Waals surface area contributed by atoms with Crippen LogP contribution in [0.2, 0.25) is 5.02 Å². The maximum atomic E-state index is 12.6. The van der Waals surface area contributed by atoms with Gasteiger partial charge in [0.15, 0.2) is 11.8 Å². The lowest BCUT2D eigenvalue weighted by Gasteiger charge is -2.20. The topological polar surface area (TPSA) is 55.9 Å². The van der Waals surface area contributed by atoms with E-state index < -0.39 is 0 Å². The van der Waals surface area contributed by atoms with Crippen molar-refractivity contribution in [3.05, 3.63) is 71.4 Å². The minimum Gasteiger partial charge on any atom is -0.495 e. The van der Waals surface area contributed by atoms with E-state index in [-0.39, 0.29) is 11.9 Å². The number of para-hydroxylation sites is 2. The summed E-state index contributed by atoms with van der Waals surface area (Å²) >= 11 is 5.94. The highest BCUT2D eigenvalue weighted by Gasteiger charge is 2.24.